The van der Waals surface area contributed by atoms with E-state index in [1.54, 1.807) is 12.1 Å². The largest absolute Gasteiger partial charge is 0.502 e. The molecule has 0 radical (unpaired) electrons. The van der Waals surface area contributed by atoms with Crippen molar-refractivity contribution in [2.75, 3.05) is 20.8 Å². The van der Waals surface area contributed by atoms with Crippen LogP contribution in [0.4, 0.5) is 0 Å². The third kappa shape index (κ3) is 2.56. The van der Waals surface area contributed by atoms with Gasteiger partial charge in [0.1, 0.15) is 0 Å². The van der Waals surface area contributed by atoms with Crippen LogP contribution in [0.5, 0.6) is 17.2 Å². The molecule has 1 rings (SSSR count). The van der Waals surface area contributed by atoms with Gasteiger partial charge < -0.3 is 25.4 Å². The van der Waals surface area contributed by atoms with Gasteiger partial charge in [-0.15, -0.1) is 0 Å². The van der Waals surface area contributed by atoms with Crippen molar-refractivity contribution in [1.82, 2.24) is 0 Å². The molecule has 5 heteroatoms. The molecular formula is C11H17NO4. The first kappa shape index (κ1) is 12.6. The third-order valence-corrected chi connectivity index (χ3v) is 2.33. The van der Waals surface area contributed by atoms with Crippen LogP contribution < -0.4 is 15.2 Å². The average molecular weight is 227 g/mol. The Balaban J connectivity index is 3.11. The van der Waals surface area contributed by atoms with Gasteiger partial charge in [-0.2, -0.15) is 0 Å². The fraction of sp³-hybridized carbons (Fsp3) is 0.455. The molecule has 0 spiro atoms. The van der Waals surface area contributed by atoms with Crippen molar-refractivity contribution < 1.29 is 19.7 Å². The van der Waals surface area contributed by atoms with E-state index in [0.29, 0.717) is 18.5 Å². The summed E-state index contributed by atoms with van der Waals surface area (Å²) in [6.45, 7) is 0.382. The second kappa shape index (κ2) is 5.58. The van der Waals surface area contributed by atoms with Crippen LogP contribution in [0.2, 0.25) is 0 Å². The van der Waals surface area contributed by atoms with Crippen LogP contribution >= 0.6 is 0 Å². The lowest BCUT2D eigenvalue weighted by Gasteiger charge is -2.14. The minimum absolute atomic E-state index is 0.0753. The highest BCUT2D eigenvalue weighted by Gasteiger charge is 2.15. The zero-order chi connectivity index (χ0) is 12.1. The van der Waals surface area contributed by atoms with Gasteiger partial charge in [0.05, 0.1) is 20.3 Å². The van der Waals surface area contributed by atoms with Crippen LogP contribution in [0, 0.1) is 0 Å². The molecule has 0 fully saturated rings. The molecule has 1 aromatic rings. The molecule has 90 valence electrons. The molecule has 0 aliphatic rings. The maximum atomic E-state index is 9.78. The number of ether oxygens (including phenoxy) is 2. The second-order valence-corrected chi connectivity index (χ2v) is 3.37. The molecule has 0 saturated carbocycles. The Labute approximate surface area is 94.4 Å². The molecule has 0 saturated heterocycles. The zero-order valence-electron chi connectivity index (χ0n) is 9.43. The maximum Gasteiger partial charge on any atom is 0.200 e. The molecule has 0 heterocycles. The molecule has 0 bridgehead atoms. The van der Waals surface area contributed by atoms with Gasteiger partial charge in [-0.25, -0.2) is 0 Å². The Bertz CT molecular complexity index is 329. The lowest BCUT2D eigenvalue weighted by molar-refractivity contribution is 0.169. The normalized spacial score (nSPS) is 12.2. The van der Waals surface area contributed by atoms with Gasteiger partial charge in [0.15, 0.2) is 11.5 Å². The number of nitrogens with two attached hydrogens (primary N) is 1. The van der Waals surface area contributed by atoms with Gasteiger partial charge >= 0.3 is 0 Å². The Hall–Kier alpha value is -1.46. The van der Waals surface area contributed by atoms with Crippen molar-refractivity contribution in [2.45, 2.75) is 12.5 Å². The van der Waals surface area contributed by atoms with Gasteiger partial charge in [-0.05, 0) is 30.7 Å². The molecule has 0 unspecified atom stereocenters. The average Bonchev–Trinajstić information content (AvgIpc) is 2.29. The van der Waals surface area contributed by atoms with E-state index in [9.17, 15) is 10.2 Å². The number of benzene rings is 1. The Kier molecular flexibility index (Phi) is 4.39. The van der Waals surface area contributed by atoms with Gasteiger partial charge in [0, 0.05) is 0 Å². The number of aromatic hydroxyl groups is 1. The van der Waals surface area contributed by atoms with E-state index in [-0.39, 0.29) is 17.2 Å². The number of phenols is 1. The summed E-state index contributed by atoms with van der Waals surface area (Å²) in [5, 5.41) is 19.4. The molecule has 0 aromatic heterocycles. The van der Waals surface area contributed by atoms with Gasteiger partial charge in [-0.1, -0.05) is 0 Å². The molecule has 1 aromatic carbocycles. The van der Waals surface area contributed by atoms with E-state index in [1.807, 2.05) is 0 Å². The van der Waals surface area contributed by atoms with Crippen molar-refractivity contribution in [3.8, 4) is 17.2 Å². The van der Waals surface area contributed by atoms with E-state index >= 15 is 0 Å². The van der Waals surface area contributed by atoms with Crippen LogP contribution in [0.25, 0.3) is 0 Å². The number of rotatable bonds is 5. The number of hydrogen-bond donors (Lipinski definition) is 3. The topological polar surface area (TPSA) is 84.9 Å². The van der Waals surface area contributed by atoms with Crippen LogP contribution in [0.3, 0.4) is 0 Å². The standard InChI is InChI=1S/C11H17NO4/c1-15-9-5-7(8(13)3-4-12)6-10(16-2)11(9)14/h5-6,8,13-14H,3-4,12H2,1-2H3/t8-/m0/s1. The van der Waals surface area contributed by atoms with Crippen molar-refractivity contribution in [3.63, 3.8) is 0 Å². The second-order valence-electron chi connectivity index (χ2n) is 3.37. The highest BCUT2D eigenvalue weighted by atomic mass is 16.5. The van der Waals surface area contributed by atoms with Gasteiger partial charge in [-0.3, -0.25) is 0 Å². The molecule has 16 heavy (non-hydrogen) atoms. The van der Waals surface area contributed by atoms with Crippen LogP contribution in [-0.4, -0.2) is 31.0 Å². The smallest absolute Gasteiger partial charge is 0.200 e. The summed E-state index contributed by atoms with van der Waals surface area (Å²) >= 11 is 0. The lowest BCUT2D eigenvalue weighted by atomic mass is 10.1. The van der Waals surface area contributed by atoms with E-state index in [2.05, 4.69) is 0 Å². The predicted molar refractivity (Wildman–Crippen MR) is 59.8 cm³/mol. The van der Waals surface area contributed by atoms with E-state index < -0.39 is 6.10 Å². The molecule has 0 amide bonds. The van der Waals surface area contributed by atoms with E-state index in [4.69, 9.17) is 15.2 Å². The third-order valence-electron chi connectivity index (χ3n) is 2.33. The first-order valence-electron chi connectivity index (χ1n) is 4.97. The summed E-state index contributed by atoms with van der Waals surface area (Å²) in [5.74, 6) is 0.463. The molecule has 4 N–H and O–H groups in total. The summed E-state index contributed by atoms with van der Waals surface area (Å²) in [4.78, 5) is 0. The Morgan fingerprint density at radius 3 is 2.12 bits per heavy atom. The summed E-state index contributed by atoms with van der Waals surface area (Å²) in [7, 11) is 2.88. The first-order chi connectivity index (χ1) is 7.63. The number of aliphatic hydroxyl groups is 1. The monoisotopic (exact) mass is 227 g/mol. The van der Waals surface area contributed by atoms with Crippen LogP contribution in [0.1, 0.15) is 18.1 Å². The molecular weight excluding hydrogens is 210 g/mol. The minimum atomic E-state index is -0.687. The molecule has 0 aliphatic carbocycles. The fourth-order valence-electron chi connectivity index (χ4n) is 1.43. The van der Waals surface area contributed by atoms with Crippen LogP contribution in [0.15, 0.2) is 12.1 Å². The number of hydrogen-bond acceptors (Lipinski definition) is 5. The van der Waals surface area contributed by atoms with Crippen molar-refractivity contribution in [2.24, 2.45) is 5.73 Å². The number of methoxy groups -OCH3 is 2. The van der Waals surface area contributed by atoms with Gasteiger partial charge in [0.25, 0.3) is 0 Å². The number of aliphatic hydroxyl groups excluding tert-OH is 1. The first-order valence-corrected chi connectivity index (χ1v) is 4.97. The predicted octanol–water partition coefficient (Wildman–Crippen LogP) is 0.792. The van der Waals surface area contributed by atoms with Crippen molar-refractivity contribution >= 4 is 0 Å². The summed E-state index contributed by atoms with van der Waals surface area (Å²) in [5.41, 5.74) is 5.97. The SMILES string of the molecule is COc1cc([C@@H](O)CCN)cc(OC)c1O. The van der Waals surface area contributed by atoms with Crippen molar-refractivity contribution in [1.29, 1.82) is 0 Å². The van der Waals surface area contributed by atoms with E-state index in [0.717, 1.165) is 0 Å². The summed E-state index contributed by atoms with van der Waals surface area (Å²) in [6.07, 6.45) is -0.245. The quantitative estimate of drug-likeness (QED) is 0.692. The zero-order valence-corrected chi connectivity index (χ0v) is 9.43. The fourth-order valence-corrected chi connectivity index (χ4v) is 1.43. The maximum absolute atomic E-state index is 9.78. The minimum Gasteiger partial charge on any atom is -0.502 e. The lowest BCUT2D eigenvalue weighted by Crippen LogP contribution is -2.07. The highest BCUT2D eigenvalue weighted by molar-refractivity contribution is 5.53. The molecule has 1 atom stereocenters. The number of phenolic OH excluding ortho intramolecular Hbond substituents is 1. The van der Waals surface area contributed by atoms with Crippen molar-refractivity contribution in [3.05, 3.63) is 17.7 Å². The Morgan fingerprint density at radius 1 is 1.25 bits per heavy atom. The molecule has 0 aliphatic heterocycles. The molecule has 5 nitrogen and oxygen atoms in total. The summed E-state index contributed by atoms with van der Waals surface area (Å²) in [6, 6.07) is 3.14. The van der Waals surface area contributed by atoms with Gasteiger partial charge in [0.2, 0.25) is 5.75 Å². The van der Waals surface area contributed by atoms with Crippen LogP contribution in [-0.2, 0) is 0 Å². The van der Waals surface area contributed by atoms with E-state index in [1.165, 1.54) is 14.2 Å². The Morgan fingerprint density at radius 2 is 1.75 bits per heavy atom. The summed E-state index contributed by atoms with van der Waals surface area (Å²) < 4.78 is 9.97. The highest BCUT2D eigenvalue weighted by Crippen LogP contribution is 2.38.